The van der Waals surface area contributed by atoms with Gasteiger partial charge in [0.05, 0.1) is 4.88 Å². The smallest absolute Gasteiger partial charge is 0.280 e. The number of benzene rings is 1. The molecule has 0 unspecified atom stereocenters. The number of thiophene rings is 1. The molecular weight excluding hydrogens is 334 g/mol. The van der Waals surface area contributed by atoms with E-state index in [9.17, 15) is 4.79 Å². The molecule has 3 heterocycles. The van der Waals surface area contributed by atoms with Crippen LogP contribution in [-0.2, 0) is 0 Å². The van der Waals surface area contributed by atoms with E-state index in [1.807, 2.05) is 29.6 Å². The van der Waals surface area contributed by atoms with Crippen LogP contribution in [0.25, 0.3) is 10.6 Å². The molecule has 0 saturated carbocycles. The Balaban J connectivity index is 1.48. The molecule has 2 N–H and O–H groups in total. The third kappa shape index (κ3) is 3.56. The van der Waals surface area contributed by atoms with Crippen LogP contribution in [0.2, 0.25) is 0 Å². The molecule has 2 aromatic heterocycles. The molecule has 6 nitrogen and oxygen atoms in total. The van der Waals surface area contributed by atoms with Gasteiger partial charge in [-0.25, -0.2) is 0 Å². The van der Waals surface area contributed by atoms with Crippen molar-refractivity contribution < 1.29 is 0 Å². The number of nitrogens with zero attached hydrogens (tertiary/aromatic N) is 3. The second-order valence-corrected chi connectivity index (χ2v) is 7.00. The number of H-pyrrole nitrogens is 1. The van der Waals surface area contributed by atoms with E-state index < -0.39 is 0 Å². The van der Waals surface area contributed by atoms with Crippen LogP contribution in [0.3, 0.4) is 0 Å². The quantitative estimate of drug-likeness (QED) is 0.749. The van der Waals surface area contributed by atoms with Crippen LogP contribution in [-0.4, -0.2) is 28.3 Å². The van der Waals surface area contributed by atoms with E-state index in [1.54, 1.807) is 0 Å². The molecule has 1 aromatic carbocycles. The average molecular weight is 353 g/mol. The first-order chi connectivity index (χ1) is 12.3. The van der Waals surface area contributed by atoms with E-state index in [2.05, 4.69) is 37.5 Å². The van der Waals surface area contributed by atoms with Crippen LogP contribution in [0, 0.1) is 0 Å². The Bertz CT molecular complexity index is 883. The molecule has 1 aliphatic heterocycles. The summed E-state index contributed by atoms with van der Waals surface area (Å²) in [4.78, 5) is 18.2. The van der Waals surface area contributed by atoms with Gasteiger partial charge in [-0.05, 0) is 55.0 Å². The molecule has 25 heavy (non-hydrogen) atoms. The maximum Gasteiger partial charge on any atom is 0.280 e. The molecule has 1 aliphatic rings. The van der Waals surface area contributed by atoms with Crippen molar-refractivity contribution in [2.75, 3.05) is 23.3 Å². The van der Waals surface area contributed by atoms with Gasteiger partial charge in [-0.2, -0.15) is 0 Å². The van der Waals surface area contributed by atoms with E-state index in [1.165, 1.54) is 36.3 Å². The first-order valence-electron chi connectivity index (χ1n) is 8.42. The van der Waals surface area contributed by atoms with E-state index in [0.29, 0.717) is 11.6 Å². The maximum atomic E-state index is 12.2. The van der Waals surface area contributed by atoms with Gasteiger partial charge in [0.1, 0.15) is 0 Å². The minimum absolute atomic E-state index is 0.245. The second-order valence-electron chi connectivity index (χ2n) is 6.05. The van der Waals surface area contributed by atoms with Crippen LogP contribution < -0.4 is 15.8 Å². The molecule has 7 heteroatoms. The zero-order valence-electron chi connectivity index (χ0n) is 13.7. The summed E-state index contributed by atoms with van der Waals surface area (Å²) in [5.41, 5.74) is 2.21. The van der Waals surface area contributed by atoms with Crippen molar-refractivity contribution in [3.05, 3.63) is 52.1 Å². The lowest BCUT2D eigenvalue weighted by Crippen LogP contribution is -2.29. The summed E-state index contributed by atoms with van der Waals surface area (Å²) in [5.74, 6) is 0.344. The highest BCUT2D eigenvalue weighted by Gasteiger charge is 2.11. The summed E-state index contributed by atoms with van der Waals surface area (Å²) in [6.07, 6.45) is 3.84. The zero-order valence-corrected chi connectivity index (χ0v) is 14.6. The van der Waals surface area contributed by atoms with Gasteiger partial charge >= 0.3 is 0 Å². The Morgan fingerprint density at radius 3 is 2.52 bits per heavy atom. The van der Waals surface area contributed by atoms with E-state index >= 15 is 0 Å². The van der Waals surface area contributed by atoms with Crippen molar-refractivity contribution in [2.24, 2.45) is 0 Å². The third-order valence-electron chi connectivity index (χ3n) is 4.30. The maximum absolute atomic E-state index is 12.2. The fraction of sp³-hybridized carbons (Fsp3) is 0.278. The number of aromatic amines is 1. The molecule has 1 saturated heterocycles. The molecule has 4 rings (SSSR count). The van der Waals surface area contributed by atoms with Gasteiger partial charge in [0.2, 0.25) is 5.95 Å². The van der Waals surface area contributed by atoms with Crippen LogP contribution in [0.15, 0.2) is 46.6 Å². The predicted molar refractivity (Wildman–Crippen MR) is 102 cm³/mol. The third-order valence-corrected chi connectivity index (χ3v) is 5.18. The lowest BCUT2D eigenvalue weighted by molar-refractivity contribution is 0.578. The van der Waals surface area contributed by atoms with Crippen LogP contribution in [0.1, 0.15) is 19.3 Å². The summed E-state index contributed by atoms with van der Waals surface area (Å²) in [6.45, 7) is 2.24. The molecule has 0 bridgehead atoms. The van der Waals surface area contributed by atoms with E-state index in [-0.39, 0.29) is 5.56 Å². The minimum Gasteiger partial charge on any atom is -0.372 e. The normalized spacial score (nSPS) is 14.5. The number of rotatable bonds is 4. The van der Waals surface area contributed by atoms with Gasteiger partial charge in [0.15, 0.2) is 5.69 Å². The average Bonchev–Trinajstić information content (AvgIpc) is 3.18. The Morgan fingerprint density at radius 1 is 1.04 bits per heavy atom. The molecule has 0 aliphatic carbocycles. The second kappa shape index (κ2) is 7.06. The summed E-state index contributed by atoms with van der Waals surface area (Å²) >= 11 is 1.47. The Kier molecular flexibility index (Phi) is 4.47. The molecular formula is C18H19N5OS. The van der Waals surface area contributed by atoms with Crippen LogP contribution in [0.4, 0.5) is 17.3 Å². The lowest BCUT2D eigenvalue weighted by Gasteiger charge is -2.28. The van der Waals surface area contributed by atoms with E-state index in [4.69, 9.17) is 0 Å². The monoisotopic (exact) mass is 353 g/mol. The van der Waals surface area contributed by atoms with Crippen molar-refractivity contribution in [1.29, 1.82) is 0 Å². The van der Waals surface area contributed by atoms with Crippen LogP contribution >= 0.6 is 11.3 Å². The summed E-state index contributed by atoms with van der Waals surface area (Å²) in [5, 5.41) is 13.1. The van der Waals surface area contributed by atoms with Crippen LogP contribution in [0.5, 0.6) is 0 Å². The fourth-order valence-corrected chi connectivity index (χ4v) is 3.72. The summed E-state index contributed by atoms with van der Waals surface area (Å²) in [6, 6.07) is 11.9. The molecule has 1 fully saturated rings. The number of anilines is 3. The highest BCUT2D eigenvalue weighted by molar-refractivity contribution is 7.13. The minimum atomic E-state index is -0.245. The number of aromatic nitrogens is 3. The fourth-order valence-electron chi connectivity index (χ4n) is 3.01. The van der Waals surface area contributed by atoms with Crippen molar-refractivity contribution >= 4 is 28.7 Å². The molecule has 0 atom stereocenters. The van der Waals surface area contributed by atoms with Crippen molar-refractivity contribution in [1.82, 2.24) is 15.2 Å². The largest absolute Gasteiger partial charge is 0.372 e. The lowest BCUT2D eigenvalue weighted by atomic mass is 10.1. The molecule has 128 valence electrons. The SMILES string of the molecule is O=c1[nH]c(Nc2ccc(N3CCCCC3)cc2)nnc1-c1cccs1. The molecule has 0 radical (unpaired) electrons. The number of piperidine rings is 1. The Labute approximate surface area is 149 Å². The highest BCUT2D eigenvalue weighted by atomic mass is 32.1. The van der Waals surface area contributed by atoms with Crippen molar-refractivity contribution in [3.8, 4) is 10.6 Å². The highest BCUT2D eigenvalue weighted by Crippen LogP contribution is 2.23. The van der Waals surface area contributed by atoms with Gasteiger partial charge in [-0.1, -0.05) is 6.07 Å². The van der Waals surface area contributed by atoms with Gasteiger partial charge in [0.25, 0.3) is 5.56 Å². The standard InChI is InChI=1S/C18H19N5OS/c24-17-16(15-5-4-12-25-15)21-22-18(20-17)19-13-6-8-14(9-7-13)23-10-2-1-3-11-23/h4-9,12H,1-3,10-11H2,(H2,19,20,22,24). The number of hydrogen-bond donors (Lipinski definition) is 2. The molecule has 0 amide bonds. The summed E-state index contributed by atoms with van der Waals surface area (Å²) in [7, 11) is 0. The predicted octanol–water partition coefficient (Wildman–Crippen LogP) is 3.63. The van der Waals surface area contributed by atoms with Crippen molar-refractivity contribution in [2.45, 2.75) is 19.3 Å². The van der Waals surface area contributed by atoms with Gasteiger partial charge in [0, 0.05) is 24.5 Å². The topological polar surface area (TPSA) is 73.9 Å². The number of hydrogen-bond acceptors (Lipinski definition) is 6. The first-order valence-corrected chi connectivity index (χ1v) is 9.30. The zero-order chi connectivity index (χ0) is 17.1. The first kappa shape index (κ1) is 15.8. The molecule has 0 spiro atoms. The Hall–Kier alpha value is -2.67. The van der Waals surface area contributed by atoms with Crippen molar-refractivity contribution in [3.63, 3.8) is 0 Å². The Morgan fingerprint density at radius 2 is 1.84 bits per heavy atom. The summed E-state index contributed by atoms with van der Waals surface area (Å²) < 4.78 is 0. The van der Waals surface area contributed by atoms with Gasteiger partial charge in [-0.3, -0.25) is 9.78 Å². The van der Waals surface area contributed by atoms with Gasteiger partial charge < -0.3 is 10.2 Å². The molecule has 3 aromatic rings. The number of nitrogens with one attached hydrogen (secondary N) is 2. The van der Waals surface area contributed by atoms with Gasteiger partial charge in [-0.15, -0.1) is 21.5 Å². The van der Waals surface area contributed by atoms with E-state index in [0.717, 1.165) is 23.7 Å².